The van der Waals surface area contributed by atoms with Gasteiger partial charge in [0.05, 0.1) is 0 Å². The molecule has 0 saturated carbocycles. The zero-order chi connectivity index (χ0) is 8.10. The monoisotopic (exact) mass is 152 g/mol. The van der Waals surface area contributed by atoms with Crippen LogP contribution in [0, 0.1) is 0 Å². The molecule has 1 aliphatic heterocycles. The van der Waals surface area contributed by atoms with Gasteiger partial charge < -0.3 is 4.74 Å². The lowest BCUT2D eigenvalue weighted by Gasteiger charge is -2.09. The smallest absolute Gasteiger partial charge is 0.331 e. The van der Waals surface area contributed by atoms with Crippen molar-refractivity contribution in [1.82, 2.24) is 0 Å². The average Bonchev–Trinajstić information content (AvgIpc) is 2.15. The molecule has 0 aromatic heterocycles. The van der Waals surface area contributed by atoms with Crippen LogP contribution in [0.1, 0.15) is 19.8 Å². The minimum Gasteiger partial charge on any atom is -0.455 e. The van der Waals surface area contributed by atoms with Gasteiger partial charge in [-0.25, -0.2) is 4.79 Å². The van der Waals surface area contributed by atoms with E-state index in [0.717, 1.165) is 12.8 Å². The Balaban J connectivity index is 2.50. The molecule has 0 bridgehead atoms. The molecule has 1 aliphatic rings. The number of carbonyl (C=O) groups excluding carboxylic acids is 1. The van der Waals surface area contributed by atoms with Crippen LogP contribution in [0.25, 0.3) is 0 Å². The van der Waals surface area contributed by atoms with Crippen LogP contribution in [0.2, 0.25) is 0 Å². The molecule has 2 nitrogen and oxygen atoms in total. The molecule has 0 spiro atoms. The van der Waals surface area contributed by atoms with E-state index < -0.39 is 0 Å². The Bertz CT molecular complexity index is 192. The number of rotatable bonds is 2. The van der Waals surface area contributed by atoms with Crippen LogP contribution in [0.4, 0.5) is 0 Å². The Morgan fingerprint density at radius 3 is 3.09 bits per heavy atom. The maximum atomic E-state index is 10.8. The van der Waals surface area contributed by atoms with Crippen LogP contribution in [0.15, 0.2) is 24.3 Å². The molecule has 1 heterocycles. The fourth-order valence-electron chi connectivity index (χ4n) is 0.990. The second kappa shape index (κ2) is 3.96. The van der Waals surface area contributed by atoms with Crippen LogP contribution >= 0.6 is 0 Å². The molecule has 0 N–H and O–H groups in total. The average molecular weight is 152 g/mol. The molecule has 0 saturated heterocycles. The summed E-state index contributed by atoms with van der Waals surface area (Å²) in [6, 6.07) is 0. The molecule has 0 radical (unpaired) electrons. The number of ether oxygens (including phenoxy) is 1. The summed E-state index contributed by atoms with van der Waals surface area (Å²) in [6.45, 7) is 2.07. The van der Waals surface area contributed by atoms with E-state index in [4.69, 9.17) is 4.74 Å². The van der Waals surface area contributed by atoms with E-state index in [1.807, 2.05) is 12.2 Å². The van der Waals surface area contributed by atoms with Crippen molar-refractivity contribution in [3.63, 3.8) is 0 Å². The molecule has 1 atom stereocenters. The number of carbonyl (C=O) groups is 1. The number of allylic oxidation sites excluding steroid dienone is 2. The quantitative estimate of drug-likeness (QED) is 0.564. The zero-order valence-corrected chi connectivity index (χ0v) is 6.62. The molecule has 0 aromatic rings. The summed E-state index contributed by atoms with van der Waals surface area (Å²) < 4.78 is 5.04. The number of hydrogen-bond acceptors (Lipinski definition) is 2. The Kier molecular flexibility index (Phi) is 2.90. The van der Waals surface area contributed by atoms with Gasteiger partial charge >= 0.3 is 5.97 Å². The fraction of sp³-hybridized carbons (Fsp3) is 0.444. The third kappa shape index (κ3) is 2.58. The standard InChI is InChI=1S/C9H12O2/c1-2-5-8-6-3-4-7-9(10)11-8/h3-4,6-8H,2,5H2,1H3. The maximum absolute atomic E-state index is 10.8. The third-order valence-corrected chi connectivity index (χ3v) is 1.51. The molecule has 11 heavy (non-hydrogen) atoms. The Morgan fingerprint density at radius 1 is 1.55 bits per heavy atom. The van der Waals surface area contributed by atoms with Crippen LogP contribution < -0.4 is 0 Å². The summed E-state index contributed by atoms with van der Waals surface area (Å²) in [5.41, 5.74) is 0. The molecular formula is C9H12O2. The van der Waals surface area contributed by atoms with E-state index in [9.17, 15) is 4.79 Å². The summed E-state index contributed by atoms with van der Waals surface area (Å²) >= 11 is 0. The minimum absolute atomic E-state index is 0.0255. The van der Waals surface area contributed by atoms with Crippen LogP contribution in [0.3, 0.4) is 0 Å². The highest BCUT2D eigenvalue weighted by Crippen LogP contribution is 2.07. The van der Waals surface area contributed by atoms with Crippen molar-refractivity contribution in [3.05, 3.63) is 24.3 Å². The molecule has 1 rings (SSSR count). The minimum atomic E-state index is -0.242. The molecule has 0 amide bonds. The summed E-state index contributed by atoms with van der Waals surface area (Å²) in [5, 5.41) is 0. The molecule has 2 heteroatoms. The predicted molar refractivity (Wildman–Crippen MR) is 43.1 cm³/mol. The lowest BCUT2D eigenvalue weighted by Crippen LogP contribution is -2.12. The first kappa shape index (κ1) is 8.05. The van der Waals surface area contributed by atoms with Gasteiger partial charge in [-0.05, 0) is 12.5 Å². The summed E-state index contributed by atoms with van der Waals surface area (Å²) in [5.74, 6) is -0.242. The molecule has 0 aliphatic carbocycles. The number of hydrogen-bond donors (Lipinski definition) is 0. The van der Waals surface area contributed by atoms with Gasteiger partial charge in [0, 0.05) is 6.08 Å². The van der Waals surface area contributed by atoms with Gasteiger partial charge in [-0.2, -0.15) is 0 Å². The van der Waals surface area contributed by atoms with Gasteiger partial charge in [-0.1, -0.05) is 25.5 Å². The first-order valence-electron chi connectivity index (χ1n) is 3.88. The molecule has 0 aromatic carbocycles. The van der Waals surface area contributed by atoms with Crippen molar-refractivity contribution in [2.24, 2.45) is 0 Å². The zero-order valence-electron chi connectivity index (χ0n) is 6.62. The predicted octanol–water partition coefficient (Wildman–Crippen LogP) is 1.82. The highest BCUT2D eigenvalue weighted by atomic mass is 16.5. The van der Waals surface area contributed by atoms with Gasteiger partial charge in [-0.15, -0.1) is 0 Å². The lowest BCUT2D eigenvalue weighted by atomic mass is 10.2. The van der Waals surface area contributed by atoms with Crippen molar-refractivity contribution in [2.75, 3.05) is 0 Å². The number of esters is 1. The van der Waals surface area contributed by atoms with Gasteiger partial charge in [0.1, 0.15) is 6.10 Å². The lowest BCUT2D eigenvalue weighted by molar-refractivity contribution is -0.140. The van der Waals surface area contributed by atoms with Crippen LogP contribution in [-0.4, -0.2) is 12.1 Å². The molecule has 60 valence electrons. The van der Waals surface area contributed by atoms with E-state index in [0.29, 0.717) is 0 Å². The second-order valence-corrected chi connectivity index (χ2v) is 2.51. The van der Waals surface area contributed by atoms with E-state index >= 15 is 0 Å². The van der Waals surface area contributed by atoms with Crippen molar-refractivity contribution in [3.8, 4) is 0 Å². The summed E-state index contributed by atoms with van der Waals surface area (Å²) in [4.78, 5) is 10.8. The van der Waals surface area contributed by atoms with Crippen molar-refractivity contribution >= 4 is 5.97 Å². The Hall–Kier alpha value is -1.05. The largest absolute Gasteiger partial charge is 0.455 e. The van der Waals surface area contributed by atoms with Crippen molar-refractivity contribution in [1.29, 1.82) is 0 Å². The van der Waals surface area contributed by atoms with Crippen molar-refractivity contribution < 1.29 is 9.53 Å². The molecule has 1 unspecified atom stereocenters. The van der Waals surface area contributed by atoms with Gasteiger partial charge in [0.15, 0.2) is 0 Å². The van der Waals surface area contributed by atoms with Gasteiger partial charge in [-0.3, -0.25) is 0 Å². The topological polar surface area (TPSA) is 26.3 Å². The highest BCUT2D eigenvalue weighted by Gasteiger charge is 2.08. The van der Waals surface area contributed by atoms with E-state index in [2.05, 4.69) is 6.92 Å². The summed E-state index contributed by atoms with van der Waals surface area (Å²) in [6.07, 6.45) is 8.81. The second-order valence-electron chi connectivity index (χ2n) is 2.51. The first-order chi connectivity index (χ1) is 5.33. The van der Waals surface area contributed by atoms with E-state index in [1.165, 1.54) is 6.08 Å². The maximum Gasteiger partial charge on any atom is 0.331 e. The molecular weight excluding hydrogens is 140 g/mol. The third-order valence-electron chi connectivity index (χ3n) is 1.51. The van der Waals surface area contributed by atoms with Gasteiger partial charge in [0.2, 0.25) is 0 Å². The molecule has 0 fully saturated rings. The number of cyclic esters (lactones) is 1. The normalized spacial score (nSPS) is 23.0. The first-order valence-corrected chi connectivity index (χ1v) is 3.88. The van der Waals surface area contributed by atoms with Crippen molar-refractivity contribution in [2.45, 2.75) is 25.9 Å². The summed E-state index contributed by atoms with van der Waals surface area (Å²) in [7, 11) is 0. The highest BCUT2D eigenvalue weighted by molar-refractivity contribution is 5.82. The van der Waals surface area contributed by atoms with E-state index in [1.54, 1.807) is 6.08 Å². The van der Waals surface area contributed by atoms with Crippen LogP contribution in [0.5, 0.6) is 0 Å². The van der Waals surface area contributed by atoms with Gasteiger partial charge in [0.25, 0.3) is 0 Å². The van der Waals surface area contributed by atoms with Crippen LogP contribution in [-0.2, 0) is 9.53 Å². The SMILES string of the molecule is CCCC1C=CC=CC(=O)O1. The Morgan fingerprint density at radius 2 is 2.36 bits per heavy atom. The fourth-order valence-corrected chi connectivity index (χ4v) is 0.990. The van der Waals surface area contributed by atoms with E-state index in [-0.39, 0.29) is 12.1 Å². The Labute approximate surface area is 66.5 Å².